The van der Waals surface area contributed by atoms with Gasteiger partial charge in [0, 0.05) is 12.7 Å². The highest BCUT2D eigenvalue weighted by Gasteiger charge is 2.06. The van der Waals surface area contributed by atoms with Gasteiger partial charge in [0.25, 0.3) is 0 Å². The molecule has 0 aliphatic carbocycles. The summed E-state index contributed by atoms with van der Waals surface area (Å²) in [6.07, 6.45) is 4.15. The fourth-order valence-corrected chi connectivity index (χ4v) is 1.72. The number of anilines is 2. The first kappa shape index (κ1) is 13.0. The van der Waals surface area contributed by atoms with Crippen LogP contribution in [0.15, 0.2) is 36.7 Å². The molecule has 1 heterocycles. The topological polar surface area (TPSA) is 78.9 Å². The molecule has 0 saturated heterocycles. The number of nitrogens with zero attached hydrogens (tertiary/aromatic N) is 3. The van der Waals surface area contributed by atoms with E-state index in [9.17, 15) is 0 Å². The molecule has 5 nitrogen and oxygen atoms in total. The third-order valence-electron chi connectivity index (χ3n) is 2.99. The van der Waals surface area contributed by atoms with Gasteiger partial charge < -0.3 is 10.6 Å². The van der Waals surface area contributed by atoms with Crippen molar-refractivity contribution in [3.05, 3.63) is 47.9 Å². The van der Waals surface area contributed by atoms with Gasteiger partial charge >= 0.3 is 0 Å². The van der Waals surface area contributed by atoms with Crippen LogP contribution in [-0.2, 0) is 6.42 Å². The van der Waals surface area contributed by atoms with Gasteiger partial charge in [0.05, 0.1) is 12.4 Å². The van der Waals surface area contributed by atoms with Gasteiger partial charge in [-0.15, -0.1) is 0 Å². The summed E-state index contributed by atoms with van der Waals surface area (Å²) in [4.78, 5) is 10.3. The van der Waals surface area contributed by atoms with Gasteiger partial charge in [-0.3, -0.25) is 5.41 Å². The van der Waals surface area contributed by atoms with Crippen molar-refractivity contribution in [1.29, 1.82) is 5.41 Å². The highest BCUT2D eigenvalue weighted by molar-refractivity contribution is 5.92. The molecular formula is C14H17N5. The summed E-state index contributed by atoms with van der Waals surface area (Å²) in [6.45, 7) is 2.13. The summed E-state index contributed by atoms with van der Waals surface area (Å²) in [5.74, 6) is 0.642. The molecule has 0 saturated carbocycles. The molecule has 1 aromatic carbocycles. The van der Waals surface area contributed by atoms with Crippen LogP contribution in [0, 0.1) is 5.41 Å². The first-order chi connectivity index (χ1) is 9.11. The fraction of sp³-hybridized carbons (Fsp3) is 0.214. The minimum Gasteiger partial charge on any atom is -0.382 e. The molecule has 2 aromatic rings. The third kappa shape index (κ3) is 2.88. The maximum Gasteiger partial charge on any atom is 0.151 e. The Kier molecular flexibility index (Phi) is 3.75. The Morgan fingerprint density at radius 2 is 1.89 bits per heavy atom. The number of amidine groups is 1. The van der Waals surface area contributed by atoms with Crippen molar-refractivity contribution in [1.82, 2.24) is 9.97 Å². The molecule has 2 rings (SSSR count). The van der Waals surface area contributed by atoms with E-state index in [0.29, 0.717) is 11.5 Å². The lowest BCUT2D eigenvalue weighted by Crippen LogP contribution is -2.16. The lowest BCUT2D eigenvalue weighted by atomic mass is 10.1. The molecule has 0 bridgehead atoms. The van der Waals surface area contributed by atoms with Crippen LogP contribution in [0.3, 0.4) is 0 Å². The normalized spacial score (nSPS) is 10.2. The smallest absolute Gasteiger partial charge is 0.151 e. The van der Waals surface area contributed by atoms with Gasteiger partial charge in [-0.1, -0.05) is 19.1 Å². The van der Waals surface area contributed by atoms with E-state index in [2.05, 4.69) is 41.2 Å². The number of benzene rings is 1. The van der Waals surface area contributed by atoms with E-state index in [1.165, 1.54) is 11.8 Å². The highest BCUT2D eigenvalue weighted by Crippen LogP contribution is 2.21. The number of hydrogen-bond acceptors (Lipinski definition) is 4. The second-order valence-electron chi connectivity index (χ2n) is 4.25. The lowest BCUT2D eigenvalue weighted by Gasteiger charge is -2.18. The van der Waals surface area contributed by atoms with Crippen LogP contribution in [0.25, 0.3) is 0 Å². The third-order valence-corrected chi connectivity index (χ3v) is 2.99. The number of nitrogen functional groups attached to an aromatic ring is 1. The second kappa shape index (κ2) is 5.48. The summed E-state index contributed by atoms with van der Waals surface area (Å²) in [5, 5.41) is 7.28. The van der Waals surface area contributed by atoms with E-state index < -0.39 is 0 Å². The first-order valence-electron chi connectivity index (χ1n) is 6.11. The van der Waals surface area contributed by atoms with Gasteiger partial charge in [0.15, 0.2) is 5.82 Å². The van der Waals surface area contributed by atoms with E-state index in [0.717, 1.165) is 12.1 Å². The van der Waals surface area contributed by atoms with Crippen LogP contribution in [0.5, 0.6) is 0 Å². The molecule has 0 fully saturated rings. The average Bonchev–Trinajstić information content (AvgIpc) is 2.46. The minimum absolute atomic E-state index is 0.0750. The van der Waals surface area contributed by atoms with Crippen LogP contribution < -0.4 is 10.6 Å². The summed E-state index contributed by atoms with van der Waals surface area (Å²) in [5.41, 5.74) is 8.08. The largest absolute Gasteiger partial charge is 0.382 e. The Bertz CT molecular complexity index is 559. The Hall–Kier alpha value is -2.43. The molecule has 0 aliphatic rings. The van der Waals surface area contributed by atoms with Crippen LogP contribution in [0.2, 0.25) is 0 Å². The number of aromatic nitrogens is 2. The van der Waals surface area contributed by atoms with Crippen molar-refractivity contribution < 1.29 is 0 Å². The standard InChI is InChI=1S/C14H17N5/c1-3-10-4-6-11(7-5-10)19(2)13-9-17-12(8-18-13)14(15)16/h4-9H,3H2,1-2H3,(H3,15,16). The molecule has 0 spiro atoms. The van der Waals surface area contributed by atoms with Crippen molar-refractivity contribution in [2.75, 3.05) is 11.9 Å². The SMILES string of the molecule is CCc1ccc(N(C)c2cnc(C(=N)N)cn2)cc1. The van der Waals surface area contributed by atoms with Crippen molar-refractivity contribution in [3.63, 3.8) is 0 Å². The number of rotatable bonds is 4. The summed E-state index contributed by atoms with van der Waals surface area (Å²) >= 11 is 0. The van der Waals surface area contributed by atoms with Gasteiger partial charge in [0.2, 0.25) is 0 Å². The molecule has 0 unspecified atom stereocenters. The van der Waals surface area contributed by atoms with E-state index in [1.54, 1.807) is 6.20 Å². The lowest BCUT2D eigenvalue weighted by molar-refractivity contribution is 1.07. The summed E-state index contributed by atoms with van der Waals surface area (Å²) in [6, 6.07) is 8.31. The van der Waals surface area contributed by atoms with E-state index in [1.807, 2.05) is 11.9 Å². The minimum atomic E-state index is -0.0750. The molecule has 1 aromatic heterocycles. The Morgan fingerprint density at radius 1 is 1.21 bits per heavy atom. The Balaban J connectivity index is 2.22. The molecular weight excluding hydrogens is 238 g/mol. The number of hydrogen-bond donors (Lipinski definition) is 2. The number of nitrogens with two attached hydrogens (primary N) is 1. The zero-order chi connectivity index (χ0) is 13.8. The monoisotopic (exact) mass is 255 g/mol. The Labute approximate surface area is 112 Å². The van der Waals surface area contributed by atoms with Crippen molar-refractivity contribution in [2.24, 2.45) is 5.73 Å². The molecule has 98 valence electrons. The van der Waals surface area contributed by atoms with Crippen LogP contribution in [0.4, 0.5) is 11.5 Å². The van der Waals surface area contributed by atoms with Crippen LogP contribution in [-0.4, -0.2) is 22.9 Å². The number of nitrogens with one attached hydrogen (secondary N) is 1. The van der Waals surface area contributed by atoms with Gasteiger partial charge in [0.1, 0.15) is 11.5 Å². The van der Waals surface area contributed by atoms with Crippen LogP contribution in [0.1, 0.15) is 18.2 Å². The average molecular weight is 255 g/mol. The fourth-order valence-electron chi connectivity index (χ4n) is 1.72. The summed E-state index contributed by atoms with van der Waals surface area (Å²) in [7, 11) is 1.93. The molecule has 3 N–H and O–H groups in total. The molecule has 19 heavy (non-hydrogen) atoms. The molecule has 0 amide bonds. The predicted octanol–water partition coefficient (Wildman–Crippen LogP) is 2.09. The zero-order valence-corrected chi connectivity index (χ0v) is 11.1. The molecule has 0 aliphatic heterocycles. The van der Waals surface area contributed by atoms with Crippen molar-refractivity contribution in [3.8, 4) is 0 Å². The Morgan fingerprint density at radius 3 is 2.37 bits per heavy atom. The predicted molar refractivity (Wildman–Crippen MR) is 76.9 cm³/mol. The van der Waals surface area contributed by atoms with Crippen LogP contribution >= 0.6 is 0 Å². The summed E-state index contributed by atoms with van der Waals surface area (Å²) < 4.78 is 0. The van der Waals surface area contributed by atoms with E-state index in [-0.39, 0.29) is 5.84 Å². The number of aryl methyl sites for hydroxylation is 1. The van der Waals surface area contributed by atoms with E-state index >= 15 is 0 Å². The highest BCUT2D eigenvalue weighted by atomic mass is 15.2. The zero-order valence-electron chi connectivity index (χ0n) is 11.1. The maximum absolute atomic E-state index is 7.28. The van der Waals surface area contributed by atoms with Crippen molar-refractivity contribution >= 4 is 17.3 Å². The molecule has 0 atom stereocenters. The quantitative estimate of drug-likeness (QED) is 0.647. The first-order valence-corrected chi connectivity index (χ1v) is 6.11. The van der Waals surface area contributed by atoms with Gasteiger partial charge in [-0.05, 0) is 24.1 Å². The molecule has 5 heteroatoms. The van der Waals surface area contributed by atoms with Crippen molar-refractivity contribution in [2.45, 2.75) is 13.3 Å². The van der Waals surface area contributed by atoms with Gasteiger partial charge in [-0.25, -0.2) is 9.97 Å². The molecule has 0 radical (unpaired) electrons. The van der Waals surface area contributed by atoms with Gasteiger partial charge in [-0.2, -0.15) is 0 Å². The second-order valence-corrected chi connectivity index (χ2v) is 4.25. The maximum atomic E-state index is 7.28. The van der Waals surface area contributed by atoms with E-state index in [4.69, 9.17) is 11.1 Å².